The summed E-state index contributed by atoms with van der Waals surface area (Å²) in [5.41, 5.74) is -0.510. The third kappa shape index (κ3) is 6.08. The molecule has 1 aliphatic rings. The molecule has 0 radical (unpaired) electrons. The molecular formula is C17H35NO4Si. The summed E-state index contributed by atoms with van der Waals surface area (Å²) < 4.78 is 11.6. The Hall–Kier alpha value is -0.593. The van der Waals surface area contributed by atoms with Crippen LogP contribution in [0.5, 0.6) is 0 Å². The summed E-state index contributed by atoms with van der Waals surface area (Å²) in [6.45, 7) is 18.1. The van der Waals surface area contributed by atoms with E-state index in [0.717, 1.165) is 6.42 Å². The molecule has 1 aliphatic heterocycles. The number of aliphatic hydroxyl groups excluding tert-OH is 1. The lowest BCUT2D eigenvalue weighted by atomic mass is 9.95. The molecule has 2 atom stereocenters. The lowest BCUT2D eigenvalue weighted by molar-refractivity contribution is -0.0221. The Morgan fingerprint density at radius 2 is 1.78 bits per heavy atom. The van der Waals surface area contributed by atoms with Crippen molar-refractivity contribution in [2.45, 2.75) is 77.8 Å². The molecule has 136 valence electrons. The SMILES string of the molecule is CC(C)(C)OC(=O)N1CCC(CO[Si](C)(C)C(C)(C)C)C(O)C1. The Labute approximate surface area is 142 Å². The van der Waals surface area contributed by atoms with Gasteiger partial charge in [0.05, 0.1) is 12.6 Å². The van der Waals surface area contributed by atoms with Gasteiger partial charge in [0.2, 0.25) is 0 Å². The lowest BCUT2D eigenvalue weighted by Crippen LogP contribution is -2.50. The minimum atomic E-state index is -1.81. The van der Waals surface area contributed by atoms with E-state index in [1.165, 1.54) is 0 Å². The molecule has 6 heteroatoms. The monoisotopic (exact) mass is 345 g/mol. The molecule has 5 nitrogen and oxygen atoms in total. The van der Waals surface area contributed by atoms with E-state index in [-0.39, 0.29) is 17.0 Å². The summed E-state index contributed by atoms with van der Waals surface area (Å²) >= 11 is 0. The number of ether oxygens (including phenoxy) is 1. The van der Waals surface area contributed by atoms with Gasteiger partial charge in [0.15, 0.2) is 8.32 Å². The Morgan fingerprint density at radius 1 is 1.22 bits per heavy atom. The number of rotatable bonds is 3. The highest BCUT2D eigenvalue weighted by Gasteiger charge is 2.39. The number of β-amino-alcohol motifs (C(OH)–C–C–N with tert-alkyl or cyclic N) is 1. The average Bonchev–Trinajstić information content (AvgIpc) is 2.33. The number of piperidine rings is 1. The minimum absolute atomic E-state index is 0.0859. The third-order valence-corrected chi connectivity index (χ3v) is 9.34. The predicted molar refractivity (Wildman–Crippen MR) is 95.1 cm³/mol. The summed E-state index contributed by atoms with van der Waals surface area (Å²) in [5.74, 6) is 0.0859. The summed E-state index contributed by atoms with van der Waals surface area (Å²) in [7, 11) is -1.81. The van der Waals surface area contributed by atoms with Gasteiger partial charge in [-0.3, -0.25) is 0 Å². The summed E-state index contributed by atoms with van der Waals surface area (Å²) in [4.78, 5) is 13.7. The van der Waals surface area contributed by atoms with Crippen molar-refractivity contribution >= 4 is 14.4 Å². The van der Waals surface area contributed by atoms with E-state index in [9.17, 15) is 9.90 Å². The first kappa shape index (κ1) is 20.5. The first-order valence-corrected chi connectivity index (χ1v) is 11.4. The predicted octanol–water partition coefficient (Wildman–Crippen LogP) is 3.63. The van der Waals surface area contributed by atoms with Crippen LogP contribution in [0.1, 0.15) is 48.0 Å². The van der Waals surface area contributed by atoms with Crippen LogP contribution in [0, 0.1) is 5.92 Å². The van der Waals surface area contributed by atoms with Crippen LogP contribution in [0.25, 0.3) is 0 Å². The van der Waals surface area contributed by atoms with Crippen LogP contribution in [0.4, 0.5) is 4.79 Å². The second-order valence-electron chi connectivity index (χ2n) is 9.11. The zero-order valence-corrected chi connectivity index (χ0v) is 17.1. The number of amides is 1. The average molecular weight is 346 g/mol. The van der Waals surface area contributed by atoms with Crippen molar-refractivity contribution in [3.63, 3.8) is 0 Å². The zero-order valence-electron chi connectivity index (χ0n) is 16.1. The van der Waals surface area contributed by atoms with Crippen LogP contribution in [0.3, 0.4) is 0 Å². The highest BCUT2D eigenvalue weighted by molar-refractivity contribution is 6.74. The van der Waals surface area contributed by atoms with Crippen molar-refractivity contribution in [1.82, 2.24) is 4.90 Å². The largest absolute Gasteiger partial charge is 0.444 e. The van der Waals surface area contributed by atoms with E-state index in [2.05, 4.69) is 33.9 Å². The van der Waals surface area contributed by atoms with Crippen LogP contribution in [0.2, 0.25) is 18.1 Å². The maximum atomic E-state index is 12.1. The Kier molecular flexibility index (Phi) is 6.32. The zero-order chi connectivity index (χ0) is 18.1. The van der Waals surface area contributed by atoms with Gasteiger partial charge in [-0.05, 0) is 45.3 Å². The molecule has 0 spiro atoms. The molecule has 0 aromatic heterocycles. The number of carbonyl (C=O) groups excluding carboxylic acids is 1. The Bertz CT molecular complexity index is 412. The molecule has 1 heterocycles. The first-order valence-electron chi connectivity index (χ1n) is 8.53. The number of carbonyl (C=O) groups is 1. The van der Waals surface area contributed by atoms with Gasteiger partial charge in [-0.1, -0.05) is 20.8 Å². The van der Waals surface area contributed by atoms with Gasteiger partial charge in [-0.15, -0.1) is 0 Å². The van der Waals surface area contributed by atoms with E-state index < -0.39 is 20.0 Å². The smallest absolute Gasteiger partial charge is 0.410 e. The van der Waals surface area contributed by atoms with E-state index in [1.807, 2.05) is 20.8 Å². The Morgan fingerprint density at radius 3 is 2.22 bits per heavy atom. The lowest BCUT2D eigenvalue weighted by Gasteiger charge is -2.40. The molecule has 0 aliphatic carbocycles. The molecule has 0 saturated carbocycles. The minimum Gasteiger partial charge on any atom is -0.444 e. The van der Waals surface area contributed by atoms with Gasteiger partial charge in [-0.25, -0.2) is 4.79 Å². The molecule has 1 N–H and O–H groups in total. The van der Waals surface area contributed by atoms with Crippen molar-refractivity contribution < 1.29 is 19.1 Å². The highest BCUT2D eigenvalue weighted by Crippen LogP contribution is 2.37. The topological polar surface area (TPSA) is 59.0 Å². The van der Waals surface area contributed by atoms with E-state index in [1.54, 1.807) is 4.90 Å². The van der Waals surface area contributed by atoms with Crippen molar-refractivity contribution in [2.75, 3.05) is 19.7 Å². The normalized spacial score (nSPS) is 23.8. The fourth-order valence-corrected chi connectivity index (χ4v) is 3.26. The molecule has 2 unspecified atom stereocenters. The van der Waals surface area contributed by atoms with Gasteiger partial charge >= 0.3 is 6.09 Å². The number of hydrogen-bond acceptors (Lipinski definition) is 4. The van der Waals surface area contributed by atoms with Crippen molar-refractivity contribution in [2.24, 2.45) is 5.92 Å². The summed E-state index contributed by atoms with van der Waals surface area (Å²) in [6.07, 6.45) is -0.156. The highest BCUT2D eigenvalue weighted by atomic mass is 28.4. The van der Waals surface area contributed by atoms with Gasteiger partial charge in [0.1, 0.15) is 5.60 Å². The molecule has 1 amide bonds. The second kappa shape index (κ2) is 7.11. The van der Waals surface area contributed by atoms with Crippen molar-refractivity contribution in [3.8, 4) is 0 Å². The molecule has 1 rings (SSSR count). The van der Waals surface area contributed by atoms with Crippen LogP contribution in [-0.4, -0.2) is 55.8 Å². The molecule has 0 aromatic rings. The maximum absolute atomic E-state index is 12.1. The van der Waals surface area contributed by atoms with Crippen molar-refractivity contribution in [3.05, 3.63) is 0 Å². The van der Waals surface area contributed by atoms with Crippen LogP contribution < -0.4 is 0 Å². The van der Waals surface area contributed by atoms with Gasteiger partial charge in [-0.2, -0.15) is 0 Å². The summed E-state index contributed by atoms with van der Waals surface area (Å²) in [5, 5.41) is 10.5. The quantitative estimate of drug-likeness (QED) is 0.794. The van der Waals surface area contributed by atoms with E-state index >= 15 is 0 Å². The first-order chi connectivity index (χ1) is 10.2. The molecule has 1 saturated heterocycles. The van der Waals surface area contributed by atoms with Crippen LogP contribution in [0.15, 0.2) is 0 Å². The fourth-order valence-electron chi connectivity index (χ4n) is 2.20. The number of aliphatic hydroxyl groups is 1. The van der Waals surface area contributed by atoms with E-state index in [4.69, 9.17) is 9.16 Å². The second-order valence-corrected chi connectivity index (χ2v) is 13.9. The van der Waals surface area contributed by atoms with E-state index in [0.29, 0.717) is 19.7 Å². The standard InChI is InChI=1S/C17H35NO4Si/c1-16(2,3)22-15(20)18-10-9-13(14(19)11-18)12-21-23(7,8)17(4,5)6/h13-14,19H,9-12H2,1-8H3. The number of hydrogen-bond donors (Lipinski definition) is 1. The molecule has 1 fully saturated rings. The third-order valence-electron chi connectivity index (χ3n) is 4.84. The van der Waals surface area contributed by atoms with Crippen LogP contribution >= 0.6 is 0 Å². The molecule has 23 heavy (non-hydrogen) atoms. The number of likely N-dealkylation sites (tertiary alicyclic amines) is 1. The Balaban J connectivity index is 2.52. The molecule has 0 aromatic carbocycles. The maximum Gasteiger partial charge on any atom is 0.410 e. The summed E-state index contributed by atoms with van der Waals surface area (Å²) in [6, 6.07) is 0. The van der Waals surface area contributed by atoms with Crippen LogP contribution in [-0.2, 0) is 9.16 Å². The molecular weight excluding hydrogens is 310 g/mol. The fraction of sp³-hybridized carbons (Fsp3) is 0.941. The van der Waals surface area contributed by atoms with Gasteiger partial charge in [0.25, 0.3) is 0 Å². The van der Waals surface area contributed by atoms with Gasteiger partial charge in [0, 0.05) is 19.1 Å². The van der Waals surface area contributed by atoms with Gasteiger partial charge < -0.3 is 19.2 Å². The number of nitrogens with zero attached hydrogens (tertiary/aromatic N) is 1. The van der Waals surface area contributed by atoms with Crippen molar-refractivity contribution in [1.29, 1.82) is 0 Å². The molecule has 0 bridgehead atoms.